The molecule has 62 heavy (non-hydrogen) atoms. The Morgan fingerprint density at radius 3 is 1.11 bits per heavy atom. The highest BCUT2D eigenvalue weighted by Gasteiger charge is 2.56. The summed E-state index contributed by atoms with van der Waals surface area (Å²) >= 11 is 0. The zero-order valence-electron chi connectivity index (χ0n) is 41.7. The number of aliphatic carboxylic acids is 2. The van der Waals surface area contributed by atoms with Gasteiger partial charge in [-0.15, -0.1) is 0 Å². The number of hydrogen-bond donors (Lipinski definition) is 4. The molecule has 0 aliphatic carbocycles. The van der Waals surface area contributed by atoms with Gasteiger partial charge in [0.1, 0.15) is 12.2 Å². The van der Waals surface area contributed by atoms with Gasteiger partial charge in [-0.05, 0) is 68.2 Å². The fourth-order valence-electron chi connectivity index (χ4n) is 11.4. The largest absolute Gasteiger partial charge is 0.481 e. The number of carbonyl (C=O) groups is 4. The number of carboxylic acid groups (broad SMARTS) is 2. The second kappa shape index (κ2) is 27.3. The molecule has 0 aromatic heterocycles. The molecule has 0 radical (unpaired) electrons. The van der Waals surface area contributed by atoms with Crippen molar-refractivity contribution in [1.29, 1.82) is 0 Å². The monoisotopic (exact) mass is 877 g/mol. The molecule has 10 heteroatoms. The van der Waals surface area contributed by atoms with Crippen LogP contribution < -0.4 is 10.6 Å². The first-order valence-electron chi connectivity index (χ1n) is 25.5. The average Bonchev–Trinajstić information content (AvgIpc) is 3.12. The zero-order valence-corrected chi connectivity index (χ0v) is 41.7. The summed E-state index contributed by atoms with van der Waals surface area (Å²) in [5.74, 6) is -7.48. The maximum atomic E-state index is 15.2. The number of ether oxygens (including phenoxy) is 2. The summed E-state index contributed by atoms with van der Waals surface area (Å²) in [6.45, 7) is 21.0. The molecule has 0 aromatic carbocycles. The molecular weight excluding hydrogens is 781 g/mol. The van der Waals surface area contributed by atoms with E-state index < -0.39 is 59.8 Å². The summed E-state index contributed by atoms with van der Waals surface area (Å²) < 4.78 is 12.5. The van der Waals surface area contributed by atoms with Crippen LogP contribution in [0.2, 0.25) is 0 Å². The number of rotatable bonds is 33. The Labute approximate surface area is 379 Å². The standard InChI is InChI=1S/C52H96N2O8/c1-11-13-15-17-19-21-23-25-27-29-31-33-52(34-32-30-28-26-24-22-20-18-16-14-12-2,47(60)62-41-38-50(7,8)54-51(9,10)39-41)44(46(58)59)42(45(56)57)35-43(55)61-40-36-48(3,4)53-49(5,6)37-40/h40-42,44,53-54H,11-39H2,1-10H3,(H,56,57)(H,58,59). The highest BCUT2D eigenvalue weighted by atomic mass is 16.5. The van der Waals surface area contributed by atoms with Crippen molar-refractivity contribution in [1.82, 2.24) is 10.6 Å². The first-order valence-corrected chi connectivity index (χ1v) is 25.5. The third-order valence-electron chi connectivity index (χ3n) is 13.7. The average molecular weight is 877 g/mol. The predicted molar refractivity (Wildman–Crippen MR) is 252 cm³/mol. The van der Waals surface area contributed by atoms with E-state index in [9.17, 15) is 24.6 Å². The minimum Gasteiger partial charge on any atom is -0.481 e. The molecule has 2 atom stereocenters. The molecule has 0 spiro atoms. The molecule has 2 aliphatic rings. The van der Waals surface area contributed by atoms with Crippen LogP contribution in [-0.4, -0.2) is 68.5 Å². The number of carboxylic acids is 2. The van der Waals surface area contributed by atoms with E-state index >= 15 is 4.79 Å². The molecule has 0 saturated carbocycles. The number of unbranched alkanes of at least 4 members (excludes halogenated alkanes) is 20. The molecule has 2 rings (SSSR count). The minimum absolute atomic E-state index is 0.199. The quantitative estimate of drug-likeness (QED) is 0.0370. The number of carbonyl (C=O) groups excluding carboxylic acids is 2. The second-order valence-electron chi connectivity index (χ2n) is 22.4. The van der Waals surface area contributed by atoms with Crippen molar-refractivity contribution in [3.63, 3.8) is 0 Å². The first kappa shape index (κ1) is 55.9. The molecule has 2 fully saturated rings. The van der Waals surface area contributed by atoms with E-state index in [-0.39, 0.29) is 35.0 Å². The number of hydrogen-bond acceptors (Lipinski definition) is 8. The van der Waals surface area contributed by atoms with Crippen molar-refractivity contribution in [3.8, 4) is 0 Å². The SMILES string of the molecule is CCCCCCCCCCCCCC(CCCCCCCCCCCCC)(C(=O)OC1CC(C)(C)NC(C)(C)C1)C(C(=O)O)C(CC(=O)OC1CC(C)(C)NC(C)(C)C1)C(=O)O. The molecule has 2 saturated heterocycles. The summed E-state index contributed by atoms with van der Waals surface area (Å²) in [5, 5.41) is 29.4. The molecule has 10 nitrogen and oxygen atoms in total. The topological polar surface area (TPSA) is 151 Å². The lowest BCUT2D eigenvalue weighted by Gasteiger charge is -2.47. The van der Waals surface area contributed by atoms with E-state index in [1.807, 2.05) is 27.7 Å². The molecule has 0 aromatic rings. The van der Waals surface area contributed by atoms with Gasteiger partial charge in [0.15, 0.2) is 0 Å². The normalized spacial score (nSPS) is 19.7. The third kappa shape index (κ3) is 21.2. The van der Waals surface area contributed by atoms with Crippen LogP contribution >= 0.6 is 0 Å². The summed E-state index contributed by atoms with van der Waals surface area (Å²) in [5.41, 5.74) is -2.94. The zero-order chi connectivity index (χ0) is 46.5. The predicted octanol–water partition coefficient (Wildman–Crippen LogP) is 12.9. The van der Waals surface area contributed by atoms with E-state index in [4.69, 9.17) is 9.47 Å². The Bertz CT molecular complexity index is 1270. The minimum atomic E-state index is -1.67. The van der Waals surface area contributed by atoms with Crippen molar-refractivity contribution < 1.29 is 38.9 Å². The lowest BCUT2D eigenvalue weighted by molar-refractivity contribution is -0.184. The fraction of sp³-hybridized carbons (Fsp3) is 0.923. The Hall–Kier alpha value is -2.20. The van der Waals surface area contributed by atoms with Crippen molar-refractivity contribution in [2.75, 3.05) is 0 Å². The Kier molecular flexibility index (Phi) is 24.6. The summed E-state index contributed by atoms with van der Waals surface area (Å²) in [7, 11) is 0. The van der Waals surface area contributed by atoms with Crippen LogP contribution in [0.25, 0.3) is 0 Å². The van der Waals surface area contributed by atoms with Crippen LogP contribution in [0.3, 0.4) is 0 Å². The Morgan fingerprint density at radius 2 is 0.806 bits per heavy atom. The van der Waals surface area contributed by atoms with Gasteiger partial charge in [-0.1, -0.05) is 155 Å². The molecule has 4 N–H and O–H groups in total. The van der Waals surface area contributed by atoms with Gasteiger partial charge in [0, 0.05) is 47.8 Å². The van der Waals surface area contributed by atoms with Crippen LogP contribution in [0.5, 0.6) is 0 Å². The molecule has 2 unspecified atom stereocenters. The van der Waals surface area contributed by atoms with E-state index in [2.05, 4.69) is 52.2 Å². The summed E-state index contributed by atoms with van der Waals surface area (Å²) in [6, 6.07) is 0. The molecule has 362 valence electrons. The van der Waals surface area contributed by atoms with Gasteiger partial charge in [0.05, 0.1) is 23.7 Å². The van der Waals surface area contributed by atoms with Crippen LogP contribution in [0.4, 0.5) is 0 Å². The van der Waals surface area contributed by atoms with E-state index in [0.717, 1.165) is 51.4 Å². The van der Waals surface area contributed by atoms with Gasteiger partial charge in [0.25, 0.3) is 0 Å². The molecule has 0 bridgehead atoms. The highest BCUT2D eigenvalue weighted by Crippen LogP contribution is 2.47. The number of esters is 2. The van der Waals surface area contributed by atoms with Crippen LogP contribution in [-0.2, 0) is 28.7 Å². The molecule has 2 heterocycles. The lowest BCUT2D eigenvalue weighted by atomic mass is 9.63. The van der Waals surface area contributed by atoms with Gasteiger partial charge in [-0.2, -0.15) is 0 Å². The Morgan fingerprint density at radius 1 is 0.500 bits per heavy atom. The second-order valence-corrected chi connectivity index (χ2v) is 22.4. The van der Waals surface area contributed by atoms with E-state index in [1.54, 1.807) is 0 Å². The van der Waals surface area contributed by atoms with Crippen molar-refractivity contribution in [2.45, 2.75) is 290 Å². The highest BCUT2D eigenvalue weighted by molar-refractivity contribution is 5.90. The molecular formula is C52H96N2O8. The number of piperidine rings is 2. The molecule has 2 aliphatic heterocycles. The van der Waals surface area contributed by atoms with Gasteiger partial charge in [-0.3, -0.25) is 19.2 Å². The maximum Gasteiger partial charge on any atom is 0.313 e. The lowest BCUT2D eigenvalue weighted by Crippen LogP contribution is -2.60. The van der Waals surface area contributed by atoms with Crippen LogP contribution in [0.15, 0.2) is 0 Å². The van der Waals surface area contributed by atoms with E-state index in [1.165, 1.54) is 77.0 Å². The Balaban J connectivity index is 2.45. The van der Waals surface area contributed by atoms with Gasteiger partial charge in [-0.25, -0.2) is 0 Å². The smallest absolute Gasteiger partial charge is 0.313 e. The van der Waals surface area contributed by atoms with Gasteiger partial charge < -0.3 is 30.3 Å². The van der Waals surface area contributed by atoms with Crippen molar-refractivity contribution >= 4 is 23.9 Å². The molecule has 0 amide bonds. The maximum absolute atomic E-state index is 15.2. The van der Waals surface area contributed by atoms with Crippen LogP contribution in [0.1, 0.15) is 255 Å². The summed E-state index contributed by atoms with van der Waals surface area (Å²) in [6.07, 6.45) is 25.2. The van der Waals surface area contributed by atoms with Crippen molar-refractivity contribution in [2.24, 2.45) is 17.3 Å². The third-order valence-corrected chi connectivity index (χ3v) is 13.7. The van der Waals surface area contributed by atoms with Crippen molar-refractivity contribution in [3.05, 3.63) is 0 Å². The number of nitrogens with one attached hydrogen (secondary N) is 2. The van der Waals surface area contributed by atoms with Crippen LogP contribution in [0, 0.1) is 17.3 Å². The summed E-state index contributed by atoms with van der Waals surface area (Å²) in [4.78, 5) is 56.2. The first-order chi connectivity index (χ1) is 29.1. The van der Waals surface area contributed by atoms with E-state index in [0.29, 0.717) is 38.5 Å². The fourth-order valence-corrected chi connectivity index (χ4v) is 11.4. The van der Waals surface area contributed by atoms with Gasteiger partial charge >= 0.3 is 23.9 Å². The van der Waals surface area contributed by atoms with Gasteiger partial charge in [0.2, 0.25) is 0 Å².